The van der Waals surface area contributed by atoms with Crippen LogP contribution in [0.1, 0.15) is 24.8 Å². The zero-order valence-corrected chi connectivity index (χ0v) is 11.0. The highest BCUT2D eigenvalue weighted by atomic mass is 35.5. The molecule has 1 aromatic rings. The maximum atomic E-state index is 11.7. The summed E-state index contributed by atoms with van der Waals surface area (Å²) in [6.45, 7) is 2.21. The van der Waals surface area contributed by atoms with E-state index in [1.165, 1.54) is 0 Å². The summed E-state index contributed by atoms with van der Waals surface area (Å²) in [7, 11) is 0. The molecule has 0 radical (unpaired) electrons. The van der Waals surface area contributed by atoms with Gasteiger partial charge in [-0.1, -0.05) is 17.7 Å². The van der Waals surface area contributed by atoms with Gasteiger partial charge in [-0.05, 0) is 43.9 Å². The van der Waals surface area contributed by atoms with E-state index in [0.29, 0.717) is 10.7 Å². The van der Waals surface area contributed by atoms with E-state index in [4.69, 9.17) is 11.6 Å². The van der Waals surface area contributed by atoms with Gasteiger partial charge in [-0.15, -0.1) is 0 Å². The number of anilines is 1. The van der Waals surface area contributed by atoms with Crippen LogP contribution in [-0.2, 0) is 0 Å². The van der Waals surface area contributed by atoms with Crippen LogP contribution < -0.4 is 10.6 Å². The molecular weight excluding hydrogens is 252 g/mol. The maximum absolute atomic E-state index is 11.7. The van der Waals surface area contributed by atoms with E-state index in [-0.39, 0.29) is 12.6 Å². The molecule has 2 amide bonds. The minimum atomic E-state index is -0.715. The van der Waals surface area contributed by atoms with Gasteiger partial charge < -0.3 is 15.7 Å². The highest BCUT2D eigenvalue weighted by Gasteiger charge is 2.34. The molecule has 2 rings (SSSR count). The molecule has 0 atom stereocenters. The van der Waals surface area contributed by atoms with E-state index in [0.717, 1.165) is 24.8 Å². The van der Waals surface area contributed by atoms with E-state index in [2.05, 4.69) is 10.6 Å². The van der Waals surface area contributed by atoms with Crippen LogP contribution in [0.3, 0.4) is 0 Å². The first-order valence-corrected chi connectivity index (χ1v) is 6.40. The number of carbonyl (C=O) groups excluding carboxylic acids is 1. The third-order valence-corrected chi connectivity index (χ3v) is 3.56. The van der Waals surface area contributed by atoms with Crippen LogP contribution in [0, 0.1) is 6.92 Å². The number of rotatable bonds is 3. The lowest BCUT2D eigenvalue weighted by Gasteiger charge is -2.36. The second-order valence-electron chi connectivity index (χ2n) is 4.87. The number of benzene rings is 1. The first kappa shape index (κ1) is 13.2. The fourth-order valence-electron chi connectivity index (χ4n) is 1.91. The van der Waals surface area contributed by atoms with Gasteiger partial charge in [0, 0.05) is 6.54 Å². The molecule has 0 bridgehead atoms. The Hall–Kier alpha value is -1.26. The number of halogens is 1. The predicted molar refractivity (Wildman–Crippen MR) is 72.0 cm³/mol. The van der Waals surface area contributed by atoms with E-state index in [1.54, 1.807) is 12.1 Å². The molecule has 1 aliphatic carbocycles. The van der Waals surface area contributed by atoms with Crippen molar-refractivity contribution in [1.82, 2.24) is 5.32 Å². The first-order chi connectivity index (χ1) is 8.48. The number of carbonyl (C=O) groups is 1. The van der Waals surface area contributed by atoms with Crippen LogP contribution in [0.5, 0.6) is 0 Å². The normalized spacial score (nSPS) is 16.8. The summed E-state index contributed by atoms with van der Waals surface area (Å²) in [6, 6.07) is 5.08. The van der Waals surface area contributed by atoms with Crippen LogP contribution in [0.15, 0.2) is 18.2 Å². The molecule has 3 N–H and O–H groups in total. The fraction of sp³-hybridized carbons (Fsp3) is 0.462. The van der Waals surface area contributed by atoms with Crippen molar-refractivity contribution in [3.8, 4) is 0 Å². The molecule has 5 heteroatoms. The largest absolute Gasteiger partial charge is 0.388 e. The summed E-state index contributed by atoms with van der Waals surface area (Å²) in [4.78, 5) is 11.7. The molecule has 1 saturated carbocycles. The number of aryl methyl sites for hydroxylation is 1. The quantitative estimate of drug-likeness (QED) is 0.789. The summed E-state index contributed by atoms with van der Waals surface area (Å²) >= 11 is 5.98. The lowest BCUT2D eigenvalue weighted by atomic mass is 9.80. The molecule has 1 aromatic carbocycles. The zero-order valence-electron chi connectivity index (χ0n) is 10.3. The molecule has 1 fully saturated rings. The molecule has 18 heavy (non-hydrogen) atoms. The van der Waals surface area contributed by atoms with Crippen LogP contribution in [0.2, 0.25) is 5.02 Å². The topological polar surface area (TPSA) is 61.4 Å². The Kier molecular flexibility index (Phi) is 3.78. The Bertz CT molecular complexity index is 458. The molecule has 4 nitrogen and oxygen atoms in total. The van der Waals surface area contributed by atoms with Gasteiger partial charge in [0.1, 0.15) is 0 Å². The number of nitrogens with one attached hydrogen (secondary N) is 2. The van der Waals surface area contributed by atoms with E-state index >= 15 is 0 Å². The van der Waals surface area contributed by atoms with Crippen molar-refractivity contribution >= 4 is 23.3 Å². The van der Waals surface area contributed by atoms with E-state index < -0.39 is 5.60 Å². The number of urea groups is 1. The lowest BCUT2D eigenvalue weighted by molar-refractivity contribution is -0.0287. The van der Waals surface area contributed by atoms with Crippen molar-refractivity contribution in [2.45, 2.75) is 31.8 Å². The SMILES string of the molecule is Cc1ccc(Cl)c(NC(=O)NCC2(O)CCC2)c1. The molecule has 98 valence electrons. The average molecular weight is 269 g/mol. The summed E-state index contributed by atoms with van der Waals surface area (Å²) in [5.74, 6) is 0. The highest BCUT2D eigenvalue weighted by Crippen LogP contribution is 2.30. The molecular formula is C13H17ClN2O2. The van der Waals surface area contributed by atoms with Gasteiger partial charge in [0.05, 0.1) is 16.3 Å². The lowest BCUT2D eigenvalue weighted by Crippen LogP contribution is -2.48. The summed E-state index contributed by atoms with van der Waals surface area (Å²) < 4.78 is 0. The van der Waals surface area contributed by atoms with Gasteiger partial charge in [-0.2, -0.15) is 0 Å². The van der Waals surface area contributed by atoms with Crippen molar-refractivity contribution in [3.63, 3.8) is 0 Å². The van der Waals surface area contributed by atoms with E-state index in [9.17, 15) is 9.90 Å². The first-order valence-electron chi connectivity index (χ1n) is 6.02. The van der Waals surface area contributed by atoms with Gasteiger partial charge >= 0.3 is 6.03 Å². The Morgan fingerprint density at radius 2 is 2.22 bits per heavy atom. The average Bonchev–Trinajstić information content (AvgIpc) is 2.29. The zero-order chi connectivity index (χ0) is 13.2. The second-order valence-corrected chi connectivity index (χ2v) is 5.28. The summed E-state index contributed by atoms with van der Waals surface area (Å²) in [6.07, 6.45) is 2.51. The third kappa shape index (κ3) is 3.15. The number of amides is 2. The van der Waals surface area contributed by atoms with Gasteiger partial charge in [0.2, 0.25) is 0 Å². The van der Waals surface area contributed by atoms with Gasteiger partial charge in [0.15, 0.2) is 0 Å². The molecule has 0 aliphatic heterocycles. The molecule has 0 aromatic heterocycles. The predicted octanol–water partition coefficient (Wildman–Crippen LogP) is 2.68. The van der Waals surface area contributed by atoms with Crippen LogP contribution in [0.25, 0.3) is 0 Å². The maximum Gasteiger partial charge on any atom is 0.319 e. The Morgan fingerprint density at radius 3 is 2.83 bits per heavy atom. The van der Waals surface area contributed by atoms with Gasteiger partial charge in [0.25, 0.3) is 0 Å². The van der Waals surface area contributed by atoms with Crippen molar-refractivity contribution in [2.75, 3.05) is 11.9 Å². The van der Waals surface area contributed by atoms with Crippen molar-refractivity contribution < 1.29 is 9.90 Å². The third-order valence-electron chi connectivity index (χ3n) is 3.23. The van der Waals surface area contributed by atoms with E-state index in [1.807, 2.05) is 13.0 Å². The van der Waals surface area contributed by atoms with Crippen LogP contribution >= 0.6 is 11.6 Å². The minimum absolute atomic E-state index is 0.280. The fourth-order valence-corrected chi connectivity index (χ4v) is 2.07. The number of hydrogen-bond donors (Lipinski definition) is 3. The van der Waals surface area contributed by atoms with Gasteiger partial charge in [-0.3, -0.25) is 0 Å². The monoisotopic (exact) mass is 268 g/mol. The second kappa shape index (κ2) is 5.16. The smallest absolute Gasteiger partial charge is 0.319 e. The molecule has 0 unspecified atom stereocenters. The number of hydrogen-bond acceptors (Lipinski definition) is 2. The Labute approximate surface area is 111 Å². The minimum Gasteiger partial charge on any atom is -0.388 e. The summed E-state index contributed by atoms with van der Waals surface area (Å²) in [5.41, 5.74) is 0.885. The number of aliphatic hydroxyl groups is 1. The Balaban J connectivity index is 1.88. The molecule has 0 saturated heterocycles. The summed E-state index contributed by atoms with van der Waals surface area (Å²) in [5, 5.41) is 15.7. The van der Waals surface area contributed by atoms with Crippen molar-refractivity contribution in [1.29, 1.82) is 0 Å². The van der Waals surface area contributed by atoms with Gasteiger partial charge in [-0.25, -0.2) is 4.79 Å². The van der Waals surface area contributed by atoms with Crippen LogP contribution in [-0.4, -0.2) is 23.3 Å². The van der Waals surface area contributed by atoms with Crippen molar-refractivity contribution in [3.05, 3.63) is 28.8 Å². The highest BCUT2D eigenvalue weighted by molar-refractivity contribution is 6.33. The standard InChI is InChI=1S/C13H17ClN2O2/c1-9-3-4-10(14)11(7-9)16-12(17)15-8-13(18)5-2-6-13/h3-4,7,18H,2,5-6,8H2,1H3,(H2,15,16,17). The molecule has 0 heterocycles. The Morgan fingerprint density at radius 1 is 1.50 bits per heavy atom. The van der Waals surface area contributed by atoms with Crippen LogP contribution in [0.4, 0.5) is 10.5 Å². The molecule has 1 aliphatic rings. The molecule has 0 spiro atoms. The van der Waals surface area contributed by atoms with Crippen molar-refractivity contribution in [2.24, 2.45) is 0 Å².